The zero-order valence-corrected chi connectivity index (χ0v) is 14.1. The van der Waals surface area contributed by atoms with Crippen molar-refractivity contribution in [1.29, 1.82) is 0 Å². The second-order valence-electron chi connectivity index (χ2n) is 5.36. The van der Waals surface area contributed by atoms with E-state index in [0.29, 0.717) is 18.7 Å². The first kappa shape index (κ1) is 17.2. The summed E-state index contributed by atoms with van der Waals surface area (Å²) in [4.78, 5) is 15.1. The number of hydrogen-bond donors (Lipinski definition) is 1. The van der Waals surface area contributed by atoms with E-state index in [1.807, 2.05) is 17.5 Å². The zero-order valence-electron chi connectivity index (χ0n) is 13.2. The van der Waals surface area contributed by atoms with E-state index in [0.717, 1.165) is 17.0 Å². The van der Waals surface area contributed by atoms with Crippen LogP contribution in [0.2, 0.25) is 0 Å². The fourth-order valence-corrected chi connectivity index (χ4v) is 3.04. The summed E-state index contributed by atoms with van der Waals surface area (Å²) >= 11 is 1.59. The third kappa shape index (κ3) is 4.45. The second kappa shape index (κ2) is 7.94. The molecule has 4 nitrogen and oxygen atoms in total. The molecule has 0 fully saturated rings. The molecule has 0 aliphatic carbocycles. The van der Waals surface area contributed by atoms with Crippen LogP contribution >= 0.6 is 11.3 Å². The van der Waals surface area contributed by atoms with E-state index in [1.54, 1.807) is 23.5 Å². The summed E-state index contributed by atoms with van der Waals surface area (Å²) in [6.45, 7) is 0.601. The monoisotopic (exact) mass is 362 g/mol. The summed E-state index contributed by atoms with van der Waals surface area (Å²) in [6, 6.07) is 10.2. The minimum absolute atomic E-state index is 0.209. The second-order valence-corrected chi connectivity index (χ2v) is 6.39. The van der Waals surface area contributed by atoms with Crippen molar-refractivity contribution >= 4 is 23.1 Å². The molecule has 2 heterocycles. The number of halogens is 2. The van der Waals surface area contributed by atoms with Gasteiger partial charge in [-0.1, -0.05) is 12.1 Å². The maximum Gasteiger partial charge on any atom is 0.322 e. The molecule has 2 amide bonds. The molecule has 130 valence electrons. The molecule has 0 aliphatic heterocycles. The van der Waals surface area contributed by atoms with E-state index in [1.165, 1.54) is 17.2 Å². The van der Waals surface area contributed by atoms with E-state index >= 15 is 0 Å². The Morgan fingerprint density at radius 3 is 2.56 bits per heavy atom. The molecular formula is C18H16F2N2O2S. The number of rotatable bonds is 6. The van der Waals surface area contributed by atoms with Gasteiger partial charge in [0.2, 0.25) is 0 Å². The van der Waals surface area contributed by atoms with Gasteiger partial charge in [0.25, 0.3) is 0 Å². The Labute approximate surface area is 147 Å². The minimum atomic E-state index is -0.815. The van der Waals surface area contributed by atoms with Crippen LogP contribution in [0.5, 0.6) is 0 Å². The Morgan fingerprint density at radius 1 is 1.12 bits per heavy atom. The topological polar surface area (TPSA) is 45.5 Å². The average molecular weight is 362 g/mol. The Balaban J connectivity index is 1.73. The van der Waals surface area contributed by atoms with Gasteiger partial charge in [-0.3, -0.25) is 0 Å². The van der Waals surface area contributed by atoms with Crippen molar-refractivity contribution in [2.24, 2.45) is 0 Å². The molecule has 0 radical (unpaired) electrons. The lowest BCUT2D eigenvalue weighted by Crippen LogP contribution is -2.36. The van der Waals surface area contributed by atoms with Crippen molar-refractivity contribution in [3.63, 3.8) is 0 Å². The van der Waals surface area contributed by atoms with Gasteiger partial charge >= 0.3 is 6.03 Å². The maximum atomic E-state index is 13.8. The fraction of sp³-hybridized carbons (Fsp3) is 0.167. The summed E-state index contributed by atoms with van der Waals surface area (Å²) in [6.07, 6.45) is 2.16. The molecule has 0 saturated carbocycles. The number of nitrogens with zero attached hydrogens (tertiary/aromatic N) is 1. The van der Waals surface area contributed by atoms with Gasteiger partial charge in [0.1, 0.15) is 23.1 Å². The summed E-state index contributed by atoms with van der Waals surface area (Å²) in [5.41, 5.74) is -0.451. The highest BCUT2D eigenvalue weighted by Gasteiger charge is 2.19. The Bertz CT molecular complexity index is 799. The van der Waals surface area contributed by atoms with E-state index in [9.17, 15) is 13.6 Å². The smallest absolute Gasteiger partial charge is 0.322 e. The third-order valence-electron chi connectivity index (χ3n) is 3.62. The van der Waals surface area contributed by atoms with Gasteiger partial charge in [0.15, 0.2) is 0 Å². The number of anilines is 1. The largest absolute Gasteiger partial charge is 0.467 e. The van der Waals surface area contributed by atoms with Gasteiger partial charge in [0.05, 0.1) is 12.8 Å². The number of para-hydroxylation sites is 1. The first-order chi connectivity index (χ1) is 12.1. The number of carbonyl (C=O) groups excluding carboxylic acids is 1. The van der Waals surface area contributed by atoms with Crippen LogP contribution in [0.3, 0.4) is 0 Å². The lowest BCUT2D eigenvalue weighted by molar-refractivity contribution is 0.204. The van der Waals surface area contributed by atoms with Gasteiger partial charge in [-0.25, -0.2) is 13.6 Å². The molecule has 3 aromatic rings. The normalized spacial score (nSPS) is 10.6. The molecule has 0 unspecified atom stereocenters. The molecule has 0 spiro atoms. The summed E-state index contributed by atoms with van der Waals surface area (Å²) in [5, 5.41) is 4.28. The van der Waals surface area contributed by atoms with Crippen molar-refractivity contribution in [3.8, 4) is 0 Å². The van der Waals surface area contributed by atoms with Crippen LogP contribution in [-0.2, 0) is 13.0 Å². The molecule has 0 atom stereocenters. The van der Waals surface area contributed by atoms with Crippen LogP contribution < -0.4 is 5.32 Å². The number of urea groups is 1. The van der Waals surface area contributed by atoms with Crippen molar-refractivity contribution in [1.82, 2.24) is 4.90 Å². The highest BCUT2D eigenvalue weighted by atomic mass is 32.1. The molecule has 0 aliphatic rings. The van der Waals surface area contributed by atoms with Crippen molar-refractivity contribution < 1.29 is 18.0 Å². The van der Waals surface area contributed by atoms with Gasteiger partial charge in [-0.05, 0) is 42.1 Å². The Morgan fingerprint density at radius 2 is 1.92 bits per heavy atom. The van der Waals surface area contributed by atoms with Gasteiger partial charge in [0, 0.05) is 11.4 Å². The quantitative estimate of drug-likeness (QED) is 0.678. The Kier molecular flexibility index (Phi) is 5.45. The standard InChI is InChI=1S/C18H16F2N2O2S/c19-15-6-1-7-16(20)17(15)21-18(23)22(12-13-4-2-10-24-13)9-8-14-5-3-11-25-14/h1-7,10-11H,8-9,12H2,(H,21,23). The van der Waals surface area contributed by atoms with Gasteiger partial charge in [-0.2, -0.15) is 0 Å². The number of carbonyl (C=O) groups is 1. The maximum absolute atomic E-state index is 13.8. The summed E-state index contributed by atoms with van der Waals surface area (Å²) < 4.78 is 32.8. The molecule has 7 heteroatoms. The molecule has 2 aromatic heterocycles. The predicted molar refractivity (Wildman–Crippen MR) is 92.5 cm³/mol. The first-order valence-corrected chi connectivity index (χ1v) is 8.56. The SMILES string of the molecule is O=C(Nc1c(F)cccc1F)N(CCc1cccs1)Cc1ccco1. The highest BCUT2D eigenvalue weighted by Crippen LogP contribution is 2.19. The van der Waals surface area contributed by atoms with E-state index in [-0.39, 0.29) is 6.54 Å². The number of nitrogens with one attached hydrogen (secondary N) is 1. The number of furan rings is 1. The first-order valence-electron chi connectivity index (χ1n) is 7.68. The highest BCUT2D eigenvalue weighted by molar-refractivity contribution is 7.09. The van der Waals surface area contributed by atoms with Crippen LogP contribution in [0.4, 0.5) is 19.3 Å². The van der Waals surface area contributed by atoms with E-state index in [2.05, 4.69) is 5.32 Å². The zero-order chi connectivity index (χ0) is 17.6. The van der Waals surface area contributed by atoms with Crippen LogP contribution in [0.15, 0.2) is 58.5 Å². The number of benzene rings is 1. The van der Waals surface area contributed by atoms with Crippen LogP contribution in [-0.4, -0.2) is 17.5 Å². The molecule has 1 aromatic carbocycles. The predicted octanol–water partition coefficient (Wildman–Crippen LogP) is 4.90. The summed E-state index contributed by atoms with van der Waals surface area (Å²) in [7, 11) is 0. The number of amides is 2. The molecule has 25 heavy (non-hydrogen) atoms. The van der Waals surface area contributed by atoms with Crippen LogP contribution in [0.25, 0.3) is 0 Å². The van der Waals surface area contributed by atoms with Crippen molar-refractivity contribution in [2.45, 2.75) is 13.0 Å². The van der Waals surface area contributed by atoms with Gasteiger partial charge in [-0.15, -0.1) is 11.3 Å². The van der Waals surface area contributed by atoms with Crippen LogP contribution in [0, 0.1) is 11.6 Å². The van der Waals surface area contributed by atoms with Crippen molar-refractivity contribution in [2.75, 3.05) is 11.9 Å². The molecular weight excluding hydrogens is 346 g/mol. The van der Waals surface area contributed by atoms with Crippen LogP contribution in [0.1, 0.15) is 10.6 Å². The minimum Gasteiger partial charge on any atom is -0.467 e. The third-order valence-corrected chi connectivity index (χ3v) is 4.55. The van der Waals surface area contributed by atoms with Gasteiger partial charge < -0.3 is 14.6 Å². The lowest BCUT2D eigenvalue weighted by atomic mass is 10.3. The molecule has 3 rings (SSSR count). The van der Waals surface area contributed by atoms with E-state index < -0.39 is 23.4 Å². The number of thiophene rings is 1. The fourth-order valence-electron chi connectivity index (χ4n) is 2.35. The average Bonchev–Trinajstić information content (AvgIpc) is 3.28. The van der Waals surface area contributed by atoms with E-state index in [4.69, 9.17) is 4.42 Å². The Hall–Kier alpha value is -2.67. The molecule has 0 bridgehead atoms. The van der Waals surface area contributed by atoms with Crippen molar-refractivity contribution in [3.05, 3.63) is 76.4 Å². The molecule has 0 saturated heterocycles. The number of hydrogen-bond acceptors (Lipinski definition) is 3. The summed E-state index contributed by atoms with van der Waals surface area (Å²) in [5.74, 6) is -1.04. The lowest BCUT2D eigenvalue weighted by Gasteiger charge is -2.22. The molecule has 1 N–H and O–H groups in total.